The second-order valence-corrected chi connectivity index (χ2v) is 10.7. The van der Waals surface area contributed by atoms with E-state index < -0.39 is 10.1 Å². The lowest BCUT2D eigenvalue weighted by atomic mass is 10.1. The molecular formula is C27H51NO3S. The van der Waals surface area contributed by atoms with E-state index in [1.54, 1.807) is 12.1 Å². The van der Waals surface area contributed by atoms with Crippen molar-refractivity contribution in [1.29, 1.82) is 0 Å². The first-order valence-electron chi connectivity index (χ1n) is 13.1. The van der Waals surface area contributed by atoms with Crippen LogP contribution in [0.1, 0.15) is 110 Å². The van der Waals surface area contributed by atoms with Gasteiger partial charge in [0.15, 0.2) is 0 Å². The van der Waals surface area contributed by atoms with Gasteiger partial charge in [0.25, 0.3) is 0 Å². The van der Waals surface area contributed by atoms with Gasteiger partial charge in [0, 0.05) is 0 Å². The van der Waals surface area contributed by atoms with Crippen LogP contribution in [0, 0.1) is 6.92 Å². The van der Waals surface area contributed by atoms with Crippen LogP contribution in [0.15, 0.2) is 29.2 Å². The minimum atomic E-state index is -4.27. The molecule has 188 valence electrons. The molecule has 0 aliphatic rings. The summed E-state index contributed by atoms with van der Waals surface area (Å²) < 4.78 is 32.6. The maximum absolute atomic E-state index is 10.4. The van der Waals surface area contributed by atoms with Crippen LogP contribution < -0.4 is 0 Å². The summed E-state index contributed by atoms with van der Waals surface area (Å²) in [5.41, 5.74) is 0.928. The third-order valence-corrected chi connectivity index (χ3v) is 7.10. The first-order valence-corrected chi connectivity index (χ1v) is 14.5. The Morgan fingerprint density at radius 2 is 0.938 bits per heavy atom. The van der Waals surface area contributed by atoms with Gasteiger partial charge >= 0.3 is 0 Å². The minimum Gasteiger partial charge on any atom is -0.744 e. The molecule has 32 heavy (non-hydrogen) atoms. The van der Waals surface area contributed by atoms with Gasteiger partial charge in [0.1, 0.15) is 10.1 Å². The molecule has 0 spiro atoms. The van der Waals surface area contributed by atoms with Gasteiger partial charge in [-0.1, -0.05) is 71.1 Å². The molecule has 0 aliphatic heterocycles. The second kappa shape index (κ2) is 18.5. The smallest absolute Gasteiger partial charge is 0.124 e. The number of hydrogen-bond acceptors (Lipinski definition) is 3. The molecular weight excluding hydrogens is 418 g/mol. The van der Waals surface area contributed by atoms with Crippen LogP contribution in [0.5, 0.6) is 0 Å². The Kier molecular flexibility index (Phi) is 18.0. The summed E-state index contributed by atoms with van der Waals surface area (Å²) in [5, 5.41) is 0. The van der Waals surface area contributed by atoms with E-state index in [1.807, 2.05) is 6.92 Å². The van der Waals surface area contributed by atoms with Gasteiger partial charge in [-0.25, -0.2) is 8.42 Å². The lowest BCUT2D eigenvalue weighted by molar-refractivity contribution is -0.929. The molecule has 0 aliphatic carbocycles. The third-order valence-electron chi connectivity index (χ3n) is 6.25. The van der Waals surface area contributed by atoms with Gasteiger partial charge in [-0.2, -0.15) is 0 Å². The molecule has 0 aromatic heterocycles. The van der Waals surface area contributed by atoms with Crippen LogP contribution >= 0.6 is 0 Å². The summed E-state index contributed by atoms with van der Waals surface area (Å²) in [6.07, 6.45) is 16.9. The Morgan fingerprint density at radius 1 is 0.625 bits per heavy atom. The molecule has 0 saturated carbocycles. The van der Waals surface area contributed by atoms with E-state index in [-0.39, 0.29) is 4.90 Å². The van der Waals surface area contributed by atoms with E-state index in [0.29, 0.717) is 0 Å². The van der Waals surface area contributed by atoms with E-state index in [1.165, 1.54) is 120 Å². The molecule has 0 fully saturated rings. The highest BCUT2D eigenvalue weighted by Crippen LogP contribution is 2.18. The predicted molar refractivity (Wildman–Crippen MR) is 137 cm³/mol. The Hall–Kier alpha value is -0.910. The average molecular weight is 470 g/mol. The molecule has 0 bridgehead atoms. The Labute approximate surface area is 200 Å². The zero-order valence-electron chi connectivity index (χ0n) is 21.7. The number of rotatable bonds is 17. The second-order valence-electron chi connectivity index (χ2n) is 9.33. The van der Waals surface area contributed by atoms with Crippen molar-refractivity contribution in [2.45, 2.75) is 117 Å². The van der Waals surface area contributed by atoms with Gasteiger partial charge in [-0.3, -0.25) is 0 Å². The molecule has 0 N–H and O–H groups in total. The monoisotopic (exact) mass is 469 g/mol. The Bertz CT molecular complexity index is 610. The zero-order chi connectivity index (χ0) is 24.3. The topological polar surface area (TPSA) is 57.2 Å². The highest BCUT2D eigenvalue weighted by atomic mass is 32.2. The molecule has 0 amide bonds. The van der Waals surface area contributed by atoms with Crippen molar-refractivity contribution in [3.05, 3.63) is 29.8 Å². The van der Waals surface area contributed by atoms with E-state index in [2.05, 4.69) is 27.7 Å². The summed E-state index contributed by atoms with van der Waals surface area (Å²) >= 11 is 0. The average Bonchev–Trinajstić information content (AvgIpc) is 2.75. The molecule has 1 aromatic rings. The number of nitrogens with zero attached hydrogens (tertiary/aromatic N) is 1. The fourth-order valence-corrected chi connectivity index (χ4v) is 4.63. The fraction of sp³-hybridized carbons (Fsp3) is 0.778. The molecule has 0 heterocycles. The van der Waals surface area contributed by atoms with E-state index in [0.717, 1.165) is 5.56 Å². The molecule has 1 rings (SSSR count). The number of unbranched alkanes of at least 4 members (excludes halogenated alkanes) is 8. The van der Waals surface area contributed by atoms with Crippen LogP contribution in [0.2, 0.25) is 0 Å². The van der Waals surface area contributed by atoms with E-state index in [9.17, 15) is 13.0 Å². The lowest BCUT2D eigenvalue weighted by Crippen LogP contribution is -2.50. The highest BCUT2D eigenvalue weighted by molar-refractivity contribution is 7.85. The first-order chi connectivity index (χ1) is 15.2. The highest BCUT2D eigenvalue weighted by Gasteiger charge is 2.25. The maximum atomic E-state index is 10.4. The summed E-state index contributed by atoms with van der Waals surface area (Å²) in [6.45, 7) is 17.0. The zero-order valence-corrected chi connectivity index (χ0v) is 22.5. The standard InChI is InChI=1S/C20H44N.C7H8O3S/c1-5-9-13-17-21(18-14-10-6-2,19-15-11-7-3)20-16-12-8-4;1-6-2-4-7(5-3-6)11(8,9)10/h5-20H2,1-4H3;2-5H,1H3,(H,8,9,10)/q+1;/p-1. The molecule has 0 unspecified atom stereocenters. The largest absolute Gasteiger partial charge is 0.744 e. The maximum Gasteiger partial charge on any atom is 0.124 e. The molecule has 0 atom stereocenters. The predicted octanol–water partition coefficient (Wildman–Crippen LogP) is 7.46. The van der Waals surface area contributed by atoms with Gasteiger partial charge in [-0.15, -0.1) is 0 Å². The van der Waals surface area contributed by atoms with Crippen molar-refractivity contribution in [2.75, 3.05) is 26.2 Å². The number of aryl methyl sites for hydroxylation is 1. The van der Waals surface area contributed by atoms with Gasteiger partial charge in [0.2, 0.25) is 0 Å². The van der Waals surface area contributed by atoms with E-state index >= 15 is 0 Å². The van der Waals surface area contributed by atoms with Crippen molar-refractivity contribution in [3.63, 3.8) is 0 Å². The Balaban J connectivity index is 0.000000726. The van der Waals surface area contributed by atoms with Crippen LogP contribution in [0.25, 0.3) is 0 Å². The van der Waals surface area contributed by atoms with Crippen molar-refractivity contribution < 1.29 is 17.5 Å². The third kappa shape index (κ3) is 15.0. The minimum absolute atomic E-state index is 0.178. The number of quaternary nitrogens is 1. The van der Waals surface area contributed by atoms with E-state index in [4.69, 9.17) is 0 Å². The summed E-state index contributed by atoms with van der Waals surface area (Å²) in [4.78, 5) is -0.178. The summed E-state index contributed by atoms with van der Waals surface area (Å²) in [7, 11) is -4.27. The Morgan fingerprint density at radius 3 is 1.19 bits per heavy atom. The van der Waals surface area contributed by atoms with Crippen LogP contribution in [0.4, 0.5) is 0 Å². The van der Waals surface area contributed by atoms with Gasteiger partial charge in [-0.05, 0) is 70.4 Å². The molecule has 4 nitrogen and oxygen atoms in total. The fourth-order valence-electron chi connectivity index (χ4n) is 4.16. The first kappa shape index (κ1) is 31.1. The summed E-state index contributed by atoms with van der Waals surface area (Å²) in [6, 6.07) is 5.78. The normalized spacial score (nSPS) is 11.8. The van der Waals surface area contributed by atoms with Crippen molar-refractivity contribution >= 4 is 10.1 Å². The summed E-state index contributed by atoms with van der Waals surface area (Å²) in [5.74, 6) is 0. The van der Waals surface area contributed by atoms with Crippen LogP contribution in [0.3, 0.4) is 0 Å². The SMILES string of the molecule is CCCCC[N+](CCCCC)(CCCCC)CCCCC.Cc1ccc(S(=O)(=O)[O-])cc1. The molecule has 0 radical (unpaired) electrons. The number of benzene rings is 1. The quantitative estimate of drug-likeness (QED) is 0.135. The van der Waals surface area contributed by atoms with Gasteiger partial charge < -0.3 is 9.04 Å². The number of hydrogen-bond donors (Lipinski definition) is 0. The molecule has 1 aromatic carbocycles. The van der Waals surface area contributed by atoms with Crippen LogP contribution in [-0.2, 0) is 10.1 Å². The van der Waals surface area contributed by atoms with Crippen molar-refractivity contribution in [3.8, 4) is 0 Å². The molecule has 5 heteroatoms. The lowest BCUT2D eigenvalue weighted by Gasteiger charge is -2.39. The molecule has 0 saturated heterocycles. The van der Waals surface area contributed by atoms with Gasteiger partial charge in [0.05, 0.1) is 31.1 Å². The van der Waals surface area contributed by atoms with Crippen LogP contribution in [-0.4, -0.2) is 43.6 Å². The van der Waals surface area contributed by atoms with Crippen molar-refractivity contribution in [1.82, 2.24) is 0 Å². The van der Waals surface area contributed by atoms with Crippen molar-refractivity contribution in [2.24, 2.45) is 0 Å².